The summed E-state index contributed by atoms with van der Waals surface area (Å²) in [4.78, 5) is 0. The zero-order chi connectivity index (χ0) is 17.4. The van der Waals surface area contributed by atoms with Gasteiger partial charge in [-0.25, -0.2) is 0 Å². The van der Waals surface area contributed by atoms with Gasteiger partial charge in [0, 0.05) is 0 Å². The van der Waals surface area contributed by atoms with Crippen LogP contribution in [-0.2, 0) is 0 Å². The predicted molar refractivity (Wildman–Crippen MR) is 103 cm³/mol. The molecule has 0 unspecified atom stereocenters. The van der Waals surface area contributed by atoms with Crippen molar-refractivity contribution in [2.75, 3.05) is 0 Å². The zero-order valence-electron chi connectivity index (χ0n) is 17.4. The van der Waals surface area contributed by atoms with Gasteiger partial charge < -0.3 is 0 Å². The van der Waals surface area contributed by atoms with Gasteiger partial charge in [0.05, 0.1) is 0 Å². The molecule has 0 heterocycles. The summed E-state index contributed by atoms with van der Waals surface area (Å²) < 4.78 is 0. The molecule has 0 spiro atoms. The van der Waals surface area contributed by atoms with Gasteiger partial charge in [-0.15, -0.1) is 0 Å². The smallest absolute Gasteiger partial charge is 0.0443 e. The normalized spacial score (nSPS) is 18.6. The van der Waals surface area contributed by atoms with Crippen molar-refractivity contribution in [2.45, 2.75) is 122 Å². The average molecular weight is 291 g/mol. The maximum atomic E-state index is 2.37. The Morgan fingerprint density at radius 3 is 0.700 bits per heavy atom. The molecule has 0 radical (unpaired) electrons. The van der Waals surface area contributed by atoms with Gasteiger partial charge in [-0.2, -0.15) is 0 Å². The molecular weight excluding hydrogens is 240 g/mol. The first-order chi connectivity index (χ1) is 9.62. The van der Waals surface area contributed by atoms with Crippen LogP contribution in [0.15, 0.2) is 0 Å². The molecule has 0 aromatic carbocycles. The molecule has 1 rings (SSSR count). The fourth-order valence-electron chi connectivity index (χ4n) is 1.43. The summed E-state index contributed by atoms with van der Waals surface area (Å²) in [5.74, 6) is 2.04. The van der Waals surface area contributed by atoms with Crippen molar-refractivity contribution in [1.82, 2.24) is 0 Å². The van der Waals surface area contributed by atoms with Crippen LogP contribution in [0.25, 0.3) is 0 Å². The van der Waals surface area contributed by atoms with E-state index in [1.54, 1.807) is 0 Å². The third-order valence-electron chi connectivity index (χ3n) is 2.30. The summed E-state index contributed by atoms with van der Waals surface area (Å²) in [6.45, 7) is 25.2. The van der Waals surface area contributed by atoms with E-state index >= 15 is 0 Å². The van der Waals surface area contributed by atoms with Crippen LogP contribution < -0.4 is 0 Å². The minimum atomic E-state index is 1.02. The quantitative estimate of drug-likeness (QED) is 0.418. The lowest BCUT2D eigenvalue weighted by Crippen LogP contribution is -2.08. The SMILES string of the molecule is CC.CC.CC.CC1CCC(C)CC1.CCC.CCC. The molecule has 1 aliphatic carbocycles. The summed E-state index contributed by atoms with van der Waals surface area (Å²) in [6, 6.07) is 0. The highest BCUT2D eigenvalue weighted by Gasteiger charge is 2.13. The van der Waals surface area contributed by atoms with Crippen molar-refractivity contribution >= 4 is 0 Å². The average Bonchev–Trinajstić information content (AvgIpc) is 2.50. The van der Waals surface area contributed by atoms with Crippen LogP contribution in [-0.4, -0.2) is 0 Å². The van der Waals surface area contributed by atoms with Gasteiger partial charge in [-0.05, 0) is 11.8 Å². The molecule has 130 valence electrons. The largest absolute Gasteiger partial charge is 0.0683 e. The molecule has 0 nitrogen and oxygen atoms in total. The molecule has 1 fully saturated rings. The van der Waals surface area contributed by atoms with Gasteiger partial charge in [0.25, 0.3) is 0 Å². The molecular formula is C20H50. The van der Waals surface area contributed by atoms with E-state index in [9.17, 15) is 0 Å². The summed E-state index contributed by atoms with van der Waals surface area (Å²) in [7, 11) is 0. The number of rotatable bonds is 0. The topological polar surface area (TPSA) is 0 Å². The Kier molecular flexibility index (Phi) is 68.6. The van der Waals surface area contributed by atoms with Crippen molar-refractivity contribution in [3.8, 4) is 0 Å². The van der Waals surface area contributed by atoms with Crippen LogP contribution >= 0.6 is 0 Å². The molecule has 0 amide bonds. The van der Waals surface area contributed by atoms with Gasteiger partial charge in [0.2, 0.25) is 0 Å². The van der Waals surface area contributed by atoms with Crippen molar-refractivity contribution in [1.29, 1.82) is 0 Å². The van der Waals surface area contributed by atoms with Crippen LogP contribution in [0.2, 0.25) is 0 Å². The van der Waals surface area contributed by atoms with Gasteiger partial charge in [0.15, 0.2) is 0 Å². The number of hydrogen-bond acceptors (Lipinski definition) is 0. The third-order valence-corrected chi connectivity index (χ3v) is 2.30. The molecule has 0 heteroatoms. The van der Waals surface area contributed by atoms with E-state index in [-0.39, 0.29) is 0 Å². The first-order valence-corrected chi connectivity index (χ1v) is 9.62. The second-order valence-electron chi connectivity index (χ2n) is 4.78. The fourth-order valence-corrected chi connectivity index (χ4v) is 1.43. The first-order valence-electron chi connectivity index (χ1n) is 9.62. The molecule has 0 aromatic rings. The molecule has 1 aliphatic rings. The van der Waals surface area contributed by atoms with Gasteiger partial charge in [-0.3, -0.25) is 0 Å². The Labute approximate surface area is 134 Å². The van der Waals surface area contributed by atoms with Crippen LogP contribution in [0.1, 0.15) is 122 Å². The van der Waals surface area contributed by atoms with Crippen molar-refractivity contribution < 1.29 is 0 Å². The summed E-state index contributed by atoms with van der Waals surface area (Å²) in [5.41, 5.74) is 0. The highest BCUT2D eigenvalue weighted by Crippen LogP contribution is 2.27. The van der Waals surface area contributed by atoms with E-state index in [1.165, 1.54) is 38.5 Å². The van der Waals surface area contributed by atoms with E-state index in [0.29, 0.717) is 0 Å². The molecule has 0 aromatic heterocycles. The van der Waals surface area contributed by atoms with Crippen LogP contribution in [0.4, 0.5) is 0 Å². The molecule has 0 saturated heterocycles. The van der Waals surface area contributed by atoms with E-state index in [4.69, 9.17) is 0 Å². The highest BCUT2D eigenvalue weighted by atomic mass is 14.2. The van der Waals surface area contributed by atoms with Crippen molar-refractivity contribution in [3.63, 3.8) is 0 Å². The highest BCUT2D eigenvalue weighted by molar-refractivity contribution is 4.65. The molecule has 0 bridgehead atoms. The molecule has 0 atom stereocenters. The maximum absolute atomic E-state index is 2.37. The monoisotopic (exact) mass is 290 g/mol. The second-order valence-corrected chi connectivity index (χ2v) is 4.78. The zero-order valence-corrected chi connectivity index (χ0v) is 17.4. The Bertz CT molecular complexity index is 66.0. The minimum Gasteiger partial charge on any atom is -0.0683 e. The van der Waals surface area contributed by atoms with E-state index < -0.39 is 0 Å². The summed E-state index contributed by atoms with van der Waals surface area (Å²) in [6.07, 6.45) is 8.39. The van der Waals surface area contributed by atoms with E-state index in [1.807, 2.05) is 41.5 Å². The molecule has 20 heavy (non-hydrogen) atoms. The number of hydrogen-bond donors (Lipinski definition) is 0. The molecule has 1 saturated carbocycles. The predicted octanol–water partition coefficient (Wildman–Crippen LogP) is 8.74. The van der Waals surface area contributed by atoms with E-state index in [2.05, 4.69) is 41.5 Å². The van der Waals surface area contributed by atoms with Crippen LogP contribution in [0, 0.1) is 11.8 Å². The Morgan fingerprint density at radius 1 is 0.500 bits per heavy atom. The first kappa shape index (κ1) is 32.1. The Balaban J connectivity index is -0.0000000534. The fraction of sp³-hybridized carbons (Fsp3) is 1.00. The lowest BCUT2D eigenvalue weighted by molar-refractivity contribution is 0.308. The second kappa shape index (κ2) is 42.8. The minimum absolute atomic E-state index is 1.02. The van der Waals surface area contributed by atoms with Gasteiger partial charge in [-0.1, -0.05) is 122 Å². The molecule has 0 aliphatic heterocycles. The van der Waals surface area contributed by atoms with Crippen LogP contribution in [0.3, 0.4) is 0 Å². The summed E-state index contributed by atoms with van der Waals surface area (Å²) >= 11 is 0. The van der Waals surface area contributed by atoms with Crippen LogP contribution in [0.5, 0.6) is 0 Å². The van der Waals surface area contributed by atoms with Gasteiger partial charge in [0.1, 0.15) is 0 Å². The Hall–Kier alpha value is 0. The molecule has 0 N–H and O–H groups in total. The lowest BCUT2D eigenvalue weighted by atomic mass is 9.84. The maximum Gasteiger partial charge on any atom is -0.0443 e. The van der Waals surface area contributed by atoms with Crippen molar-refractivity contribution in [3.05, 3.63) is 0 Å². The Morgan fingerprint density at radius 2 is 0.600 bits per heavy atom. The third kappa shape index (κ3) is 52.0. The standard InChI is InChI=1S/C8H16.2C3H8.3C2H6/c1-7-3-5-8(2)6-4-7;2*1-3-2;3*1-2/h7-8H,3-6H2,1-2H3;2*3H2,1-2H3;3*1-2H3. The lowest BCUT2D eigenvalue weighted by Gasteiger charge is -2.22. The van der Waals surface area contributed by atoms with Crippen molar-refractivity contribution in [2.24, 2.45) is 11.8 Å². The summed E-state index contributed by atoms with van der Waals surface area (Å²) in [5, 5.41) is 0. The van der Waals surface area contributed by atoms with E-state index in [0.717, 1.165) is 11.8 Å². The van der Waals surface area contributed by atoms with Gasteiger partial charge >= 0.3 is 0 Å².